The number of carbonyl (C=O) groups is 1. The standard InChI is InChI=1S/C19H24N2O4S/c1-4-21(5-2)26(23,24)18-13-9-10-16(14-18)20-19(22)15(3)25-17-11-7-6-8-12-17/h6-15H,4-5H2,1-3H3,(H,20,22). The van der Waals surface area contributed by atoms with Crippen LogP contribution in [-0.4, -0.2) is 37.8 Å². The lowest BCUT2D eigenvalue weighted by atomic mass is 10.3. The van der Waals surface area contributed by atoms with Crippen molar-refractivity contribution in [1.29, 1.82) is 0 Å². The highest BCUT2D eigenvalue weighted by Crippen LogP contribution is 2.20. The number of para-hydroxylation sites is 1. The van der Waals surface area contributed by atoms with Gasteiger partial charge in [-0.25, -0.2) is 8.42 Å². The van der Waals surface area contributed by atoms with Crippen LogP contribution in [0.25, 0.3) is 0 Å². The molecule has 1 amide bonds. The van der Waals surface area contributed by atoms with Gasteiger partial charge in [0.05, 0.1) is 4.90 Å². The monoisotopic (exact) mass is 376 g/mol. The topological polar surface area (TPSA) is 75.7 Å². The second-order valence-corrected chi connectivity index (χ2v) is 7.62. The lowest BCUT2D eigenvalue weighted by Crippen LogP contribution is -2.31. The number of nitrogens with one attached hydrogen (secondary N) is 1. The number of amides is 1. The lowest BCUT2D eigenvalue weighted by Gasteiger charge is -2.19. The summed E-state index contributed by atoms with van der Waals surface area (Å²) in [6, 6.07) is 15.3. The van der Waals surface area contributed by atoms with E-state index in [1.54, 1.807) is 45.0 Å². The van der Waals surface area contributed by atoms with E-state index in [0.717, 1.165) is 0 Å². The molecule has 2 aromatic rings. The zero-order valence-electron chi connectivity index (χ0n) is 15.2. The van der Waals surface area contributed by atoms with Gasteiger partial charge in [-0.2, -0.15) is 4.31 Å². The minimum Gasteiger partial charge on any atom is -0.481 e. The molecule has 140 valence electrons. The average Bonchev–Trinajstić information content (AvgIpc) is 2.63. The van der Waals surface area contributed by atoms with Gasteiger partial charge in [-0.3, -0.25) is 4.79 Å². The molecule has 0 bridgehead atoms. The van der Waals surface area contributed by atoms with E-state index in [2.05, 4.69) is 5.32 Å². The zero-order chi connectivity index (χ0) is 19.2. The van der Waals surface area contributed by atoms with Crippen LogP contribution in [0.4, 0.5) is 5.69 Å². The lowest BCUT2D eigenvalue weighted by molar-refractivity contribution is -0.122. The van der Waals surface area contributed by atoms with Crippen molar-refractivity contribution in [2.45, 2.75) is 31.8 Å². The minimum atomic E-state index is -3.58. The van der Waals surface area contributed by atoms with Gasteiger partial charge in [0.1, 0.15) is 5.75 Å². The smallest absolute Gasteiger partial charge is 0.265 e. The van der Waals surface area contributed by atoms with Gasteiger partial charge < -0.3 is 10.1 Å². The van der Waals surface area contributed by atoms with Crippen molar-refractivity contribution in [3.8, 4) is 5.75 Å². The van der Waals surface area contributed by atoms with E-state index in [4.69, 9.17) is 4.74 Å². The van der Waals surface area contributed by atoms with Crippen molar-refractivity contribution in [3.05, 3.63) is 54.6 Å². The fourth-order valence-electron chi connectivity index (χ4n) is 2.45. The van der Waals surface area contributed by atoms with Crippen LogP contribution in [0.1, 0.15) is 20.8 Å². The quantitative estimate of drug-likeness (QED) is 0.768. The van der Waals surface area contributed by atoms with Crippen molar-refractivity contribution in [2.75, 3.05) is 18.4 Å². The third-order valence-corrected chi connectivity index (χ3v) is 5.92. The number of hydrogen-bond acceptors (Lipinski definition) is 4. The fraction of sp³-hybridized carbons (Fsp3) is 0.316. The number of carbonyl (C=O) groups excluding carboxylic acids is 1. The highest BCUT2D eigenvalue weighted by atomic mass is 32.2. The van der Waals surface area contributed by atoms with Crippen molar-refractivity contribution in [1.82, 2.24) is 4.31 Å². The molecule has 1 unspecified atom stereocenters. The highest BCUT2D eigenvalue weighted by molar-refractivity contribution is 7.89. The van der Waals surface area contributed by atoms with E-state index in [1.807, 2.05) is 18.2 Å². The third kappa shape index (κ3) is 4.83. The first-order valence-electron chi connectivity index (χ1n) is 8.51. The Morgan fingerprint density at radius 2 is 1.73 bits per heavy atom. The molecule has 2 aromatic carbocycles. The summed E-state index contributed by atoms with van der Waals surface area (Å²) in [5, 5.41) is 2.70. The Bertz CT molecular complexity index is 834. The molecular formula is C19H24N2O4S. The minimum absolute atomic E-state index is 0.149. The van der Waals surface area contributed by atoms with E-state index >= 15 is 0 Å². The number of anilines is 1. The van der Waals surface area contributed by atoms with Crippen molar-refractivity contribution in [3.63, 3.8) is 0 Å². The molecular weight excluding hydrogens is 352 g/mol. The van der Waals surface area contributed by atoms with Crippen LogP contribution in [0.3, 0.4) is 0 Å². The molecule has 0 fully saturated rings. The van der Waals surface area contributed by atoms with Crippen LogP contribution in [0.15, 0.2) is 59.5 Å². The first kappa shape index (κ1) is 19.9. The average molecular weight is 376 g/mol. The fourth-order valence-corrected chi connectivity index (χ4v) is 3.95. The van der Waals surface area contributed by atoms with Crippen LogP contribution in [0.2, 0.25) is 0 Å². The van der Waals surface area contributed by atoms with Gasteiger partial charge in [0, 0.05) is 18.8 Å². The maximum absolute atomic E-state index is 12.6. The molecule has 0 aliphatic rings. The molecule has 0 aliphatic heterocycles. The highest BCUT2D eigenvalue weighted by Gasteiger charge is 2.22. The predicted octanol–water partition coefficient (Wildman–Crippen LogP) is 3.12. The first-order chi connectivity index (χ1) is 12.4. The van der Waals surface area contributed by atoms with E-state index in [0.29, 0.717) is 24.5 Å². The summed E-state index contributed by atoms with van der Waals surface area (Å²) in [5.41, 5.74) is 0.409. The van der Waals surface area contributed by atoms with Gasteiger partial charge in [-0.15, -0.1) is 0 Å². The van der Waals surface area contributed by atoms with Gasteiger partial charge in [0.25, 0.3) is 5.91 Å². The second-order valence-electron chi connectivity index (χ2n) is 5.68. The largest absolute Gasteiger partial charge is 0.481 e. The number of ether oxygens (including phenoxy) is 1. The maximum Gasteiger partial charge on any atom is 0.265 e. The van der Waals surface area contributed by atoms with Crippen LogP contribution < -0.4 is 10.1 Å². The predicted molar refractivity (Wildman–Crippen MR) is 102 cm³/mol. The molecule has 0 saturated carbocycles. The van der Waals surface area contributed by atoms with Gasteiger partial charge in [0.2, 0.25) is 10.0 Å². The van der Waals surface area contributed by atoms with E-state index < -0.39 is 16.1 Å². The van der Waals surface area contributed by atoms with Crippen molar-refractivity contribution in [2.24, 2.45) is 0 Å². The Labute approximate surface area is 154 Å². The Kier molecular flexibility index (Phi) is 6.76. The summed E-state index contributed by atoms with van der Waals surface area (Å²) in [5.74, 6) is 0.235. The first-order valence-corrected chi connectivity index (χ1v) is 9.95. The number of rotatable bonds is 8. The Morgan fingerprint density at radius 3 is 2.35 bits per heavy atom. The van der Waals surface area contributed by atoms with Gasteiger partial charge in [0.15, 0.2) is 6.10 Å². The molecule has 0 aliphatic carbocycles. The Balaban J connectivity index is 2.11. The summed E-state index contributed by atoms with van der Waals surface area (Å²) in [7, 11) is -3.58. The number of sulfonamides is 1. The molecule has 1 atom stereocenters. The Morgan fingerprint density at radius 1 is 1.08 bits per heavy atom. The zero-order valence-corrected chi connectivity index (χ0v) is 16.0. The Hall–Kier alpha value is -2.38. The van der Waals surface area contributed by atoms with Crippen LogP contribution in [-0.2, 0) is 14.8 Å². The van der Waals surface area contributed by atoms with Crippen molar-refractivity contribution >= 4 is 21.6 Å². The SMILES string of the molecule is CCN(CC)S(=O)(=O)c1cccc(NC(=O)C(C)Oc2ccccc2)c1. The normalized spacial score (nSPS) is 12.6. The molecule has 1 N–H and O–H groups in total. The molecule has 7 heteroatoms. The van der Waals surface area contributed by atoms with E-state index in [-0.39, 0.29) is 10.8 Å². The molecule has 26 heavy (non-hydrogen) atoms. The van der Waals surface area contributed by atoms with E-state index in [9.17, 15) is 13.2 Å². The molecule has 0 heterocycles. The summed E-state index contributed by atoms with van der Waals surface area (Å²) in [4.78, 5) is 12.5. The summed E-state index contributed by atoms with van der Waals surface area (Å²) in [6.45, 7) is 5.98. The summed E-state index contributed by atoms with van der Waals surface area (Å²) >= 11 is 0. The molecule has 0 radical (unpaired) electrons. The molecule has 0 saturated heterocycles. The summed E-state index contributed by atoms with van der Waals surface area (Å²) < 4.78 is 32.1. The number of hydrogen-bond donors (Lipinski definition) is 1. The van der Waals surface area contributed by atoms with Crippen molar-refractivity contribution < 1.29 is 17.9 Å². The van der Waals surface area contributed by atoms with Crippen LogP contribution in [0.5, 0.6) is 5.75 Å². The van der Waals surface area contributed by atoms with E-state index in [1.165, 1.54) is 16.4 Å². The number of nitrogens with zero attached hydrogens (tertiary/aromatic N) is 1. The summed E-state index contributed by atoms with van der Waals surface area (Å²) in [6.07, 6.45) is -0.722. The molecule has 0 aromatic heterocycles. The van der Waals surface area contributed by atoms with Crippen LogP contribution >= 0.6 is 0 Å². The molecule has 6 nitrogen and oxygen atoms in total. The maximum atomic E-state index is 12.6. The van der Waals surface area contributed by atoms with Gasteiger partial charge >= 0.3 is 0 Å². The molecule has 2 rings (SSSR count). The van der Waals surface area contributed by atoms with Gasteiger partial charge in [-0.05, 0) is 37.3 Å². The van der Waals surface area contributed by atoms with Crippen LogP contribution in [0, 0.1) is 0 Å². The number of benzene rings is 2. The molecule has 0 spiro atoms. The third-order valence-electron chi connectivity index (χ3n) is 3.87. The second kappa shape index (κ2) is 8.82. The van der Waals surface area contributed by atoms with Gasteiger partial charge in [-0.1, -0.05) is 38.1 Å².